The van der Waals surface area contributed by atoms with Crippen molar-refractivity contribution < 1.29 is 9.18 Å². The first-order valence-corrected chi connectivity index (χ1v) is 9.70. The van der Waals surface area contributed by atoms with Crippen LogP contribution in [-0.2, 0) is 11.3 Å². The Morgan fingerprint density at radius 2 is 2.04 bits per heavy atom. The molecule has 1 amide bonds. The van der Waals surface area contributed by atoms with Gasteiger partial charge in [-0.15, -0.1) is 0 Å². The van der Waals surface area contributed by atoms with Gasteiger partial charge in [-0.3, -0.25) is 9.69 Å². The number of hydrogen-bond donors (Lipinski definition) is 1. The predicted octanol–water partition coefficient (Wildman–Crippen LogP) is 3.69. The van der Waals surface area contributed by atoms with Crippen LogP contribution in [0.1, 0.15) is 39.2 Å². The summed E-state index contributed by atoms with van der Waals surface area (Å²) in [6.07, 6.45) is 1.99. The molecular formula is C19H29FN2OS. The van der Waals surface area contributed by atoms with E-state index in [0.717, 1.165) is 50.3 Å². The highest BCUT2D eigenvalue weighted by Crippen LogP contribution is 2.22. The summed E-state index contributed by atoms with van der Waals surface area (Å²) >= 11 is 1.87. The van der Waals surface area contributed by atoms with Crippen LogP contribution in [0.15, 0.2) is 24.3 Å². The Morgan fingerprint density at radius 1 is 1.33 bits per heavy atom. The standard InChI is InChI=1S/C19H29FN2OS/c1-19(2,3)24-12-10-21-18(23)16-5-4-11-22(14-16)13-15-6-8-17(20)9-7-15/h6-9,16H,4-5,10-14H2,1-3H3,(H,21,23). The summed E-state index contributed by atoms with van der Waals surface area (Å²) in [4.78, 5) is 14.7. The van der Waals surface area contributed by atoms with Gasteiger partial charge < -0.3 is 5.32 Å². The van der Waals surface area contributed by atoms with Gasteiger partial charge in [0.15, 0.2) is 0 Å². The fraction of sp³-hybridized carbons (Fsp3) is 0.632. The molecule has 3 nitrogen and oxygen atoms in total. The minimum atomic E-state index is -0.206. The Balaban J connectivity index is 1.75. The van der Waals surface area contributed by atoms with E-state index in [1.54, 1.807) is 0 Å². The van der Waals surface area contributed by atoms with Gasteiger partial charge in [0, 0.05) is 30.1 Å². The predicted molar refractivity (Wildman–Crippen MR) is 99.6 cm³/mol. The van der Waals surface area contributed by atoms with E-state index in [4.69, 9.17) is 0 Å². The van der Waals surface area contributed by atoms with Crippen molar-refractivity contribution in [2.24, 2.45) is 5.92 Å². The van der Waals surface area contributed by atoms with E-state index < -0.39 is 0 Å². The van der Waals surface area contributed by atoms with Gasteiger partial charge in [-0.05, 0) is 37.1 Å². The first kappa shape index (κ1) is 19.3. The maximum atomic E-state index is 13.0. The van der Waals surface area contributed by atoms with Crippen molar-refractivity contribution in [3.8, 4) is 0 Å². The number of nitrogens with zero attached hydrogens (tertiary/aromatic N) is 1. The number of amides is 1. The van der Waals surface area contributed by atoms with E-state index in [2.05, 4.69) is 31.0 Å². The molecule has 1 fully saturated rings. The summed E-state index contributed by atoms with van der Waals surface area (Å²) in [7, 11) is 0. The number of benzene rings is 1. The molecule has 0 saturated carbocycles. The van der Waals surface area contributed by atoms with Crippen molar-refractivity contribution in [2.45, 2.75) is 44.9 Å². The SMILES string of the molecule is CC(C)(C)SCCNC(=O)C1CCCN(Cc2ccc(F)cc2)C1. The maximum absolute atomic E-state index is 13.0. The summed E-state index contributed by atoms with van der Waals surface area (Å²) in [6, 6.07) is 6.64. The van der Waals surface area contributed by atoms with E-state index in [-0.39, 0.29) is 22.4 Å². The molecule has 1 unspecified atom stereocenters. The Hall–Kier alpha value is -1.07. The van der Waals surface area contributed by atoms with Crippen LogP contribution in [0, 0.1) is 11.7 Å². The third-order valence-electron chi connectivity index (χ3n) is 4.13. The van der Waals surface area contributed by atoms with Gasteiger partial charge in [-0.1, -0.05) is 32.9 Å². The van der Waals surface area contributed by atoms with E-state index >= 15 is 0 Å². The summed E-state index contributed by atoms with van der Waals surface area (Å²) in [5.74, 6) is 0.983. The average Bonchev–Trinajstić information content (AvgIpc) is 2.53. The van der Waals surface area contributed by atoms with Crippen molar-refractivity contribution in [1.29, 1.82) is 0 Å². The van der Waals surface area contributed by atoms with Gasteiger partial charge in [0.05, 0.1) is 5.92 Å². The Labute approximate surface area is 149 Å². The van der Waals surface area contributed by atoms with Crippen molar-refractivity contribution in [3.05, 3.63) is 35.6 Å². The van der Waals surface area contributed by atoms with E-state index in [1.165, 1.54) is 12.1 Å². The number of piperidine rings is 1. The molecule has 0 radical (unpaired) electrons. The molecule has 134 valence electrons. The highest BCUT2D eigenvalue weighted by atomic mass is 32.2. The molecule has 1 atom stereocenters. The molecule has 1 aromatic carbocycles. The van der Waals surface area contributed by atoms with Crippen LogP contribution in [0.2, 0.25) is 0 Å². The molecule has 1 aliphatic heterocycles. The first-order valence-electron chi connectivity index (χ1n) is 8.72. The highest BCUT2D eigenvalue weighted by Gasteiger charge is 2.25. The second kappa shape index (κ2) is 8.86. The van der Waals surface area contributed by atoms with Crippen molar-refractivity contribution >= 4 is 17.7 Å². The second-order valence-corrected chi connectivity index (χ2v) is 9.37. The summed E-state index contributed by atoms with van der Waals surface area (Å²) in [5.41, 5.74) is 1.10. The zero-order chi connectivity index (χ0) is 17.6. The number of hydrogen-bond acceptors (Lipinski definition) is 3. The fourth-order valence-electron chi connectivity index (χ4n) is 2.94. The summed E-state index contributed by atoms with van der Waals surface area (Å²) < 4.78 is 13.2. The van der Waals surface area contributed by atoms with Crippen LogP contribution < -0.4 is 5.32 Å². The van der Waals surface area contributed by atoms with E-state index in [0.29, 0.717) is 0 Å². The van der Waals surface area contributed by atoms with Crippen LogP contribution in [-0.4, -0.2) is 40.9 Å². The molecule has 1 aromatic rings. The molecule has 1 aliphatic rings. The zero-order valence-electron chi connectivity index (χ0n) is 15.0. The lowest BCUT2D eigenvalue weighted by atomic mass is 9.96. The number of likely N-dealkylation sites (tertiary alicyclic amines) is 1. The molecule has 1 N–H and O–H groups in total. The third kappa shape index (κ3) is 6.81. The molecule has 2 rings (SSSR count). The molecule has 1 saturated heterocycles. The number of nitrogens with one attached hydrogen (secondary N) is 1. The average molecular weight is 353 g/mol. The normalized spacial score (nSPS) is 19.2. The van der Waals surface area contributed by atoms with Gasteiger partial charge in [0.25, 0.3) is 0 Å². The topological polar surface area (TPSA) is 32.3 Å². The number of carbonyl (C=O) groups is 1. The van der Waals surface area contributed by atoms with Crippen LogP contribution in [0.3, 0.4) is 0 Å². The summed E-state index contributed by atoms with van der Waals surface area (Å²) in [5, 5.41) is 3.08. The molecule has 0 aliphatic carbocycles. The van der Waals surface area contributed by atoms with Crippen LogP contribution >= 0.6 is 11.8 Å². The fourth-order valence-corrected chi connectivity index (χ4v) is 3.75. The van der Waals surface area contributed by atoms with Crippen molar-refractivity contribution in [1.82, 2.24) is 10.2 Å². The molecule has 24 heavy (non-hydrogen) atoms. The molecule has 1 heterocycles. The zero-order valence-corrected chi connectivity index (χ0v) is 15.8. The second-order valence-electron chi connectivity index (χ2n) is 7.45. The maximum Gasteiger partial charge on any atom is 0.224 e. The Bertz CT molecular complexity index is 527. The lowest BCUT2D eigenvalue weighted by Crippen LogP contribution is -2.43. The van der Waals surface area contributed by atoms with Gasteiger partial charge in [-0.25, -0.2) is 4.39 Å². The van der Waals surface area contributed by atoms with Crippen molar-refractivity contribution in [3.63, 3.8) is 0 Å². The molecule has 0 bridgehead atoms. The lowest BCUT2D eigenvalue weighted by molar-refractivity contribution is -0.126. The van der Waals surface area contributed by atoms with Crippen LogP contribution in [0.25, 0.3) is 0 Å². The molecule has 0 spiro atoms. The highest BCUT2D eigenvalue weighted by molar-refractivity contribution is 8.00. The number of carbonyl (C=O) groups excluding carboxylic acids is 1. The Morgan fingerprint density at radius 3 is 2.71 bits per heavy atom. The van der Waals surface area contributed by atoms with Gasteiger partial charge >= 0.3 is 0 Å². The van der Waals surface area contributed by atoms with Gasteiger partial charge in [-0.2, -0.15) is 11.8 Å². The third-order valence-corrected chi connectivity index (χ3v) is 5.41. The molecule has 5 heteroatoms. The smallest absolute Gasteiger partial charge is 0.224 e. The van der Waals surface area contributed by atoms with Gasteiger partial charge in [0.2, 0.25) is 5.91 Å². The monoisotopic (exact) mass is 352 g/mol. The minimum absolute atomic E-state index is 0.0684. The first-order chi connectivity index (χ1) is 11.3. The molecular weight excluding hydrogens is 323 g/mol. The number of thioether (sulfide) groups is 1. The number of rotatable bonds is 6. The lowest BCUT2D eigenvalue weighted by Gasteiger charge is -2.32. The largest absolute Gasteiger partial charge is 0.355 e. The number of halogens is 1. The summed E-state index contributed by atoms with van der Waals surface area (Å²) in [6.45, 7) is 9.87. The minimum Gasteiger partial charge on any atom is -0.355 e. The van der Waals surface area contributed by atoms with Crippen LogP contribution in [0.4, 0.5) is 4.39 Å². The van der Waals surface area contributed by atoms with Gasteiger partial charge in [0.1, 0.15) is 5.82 Å². The van der Waals surface area contributed by atoms with Crippen LogP contribution in [0.5, 0.6) is 0 Å². The van der Waals surface area contributed by atoms with E-state index in [9.17, 15) is 9.18 Å². The van der Waals surface area contributed by atoms with E-state index in [1.807, 2.05) is 23.9 Å². The quantitative estimate of drug-likeness (QED) is 0.793. The van der Waals surface area contributed by atoms with Crippen molar-refractivity contribution in [2.75, 3.05) is 25.4 Å². The molecule has 0 aromatic heterocycles. The Kier molecular flexibility index (Phi) is 7.11.